The van der Waals surface area contributed by atoms with Crippen molar-refractivity contribution in [2.75, 3.05) is 6.61 Å². The van der Waals surface area contributed by atoms with Gasteiger partial charge >= 0.3 is 0 Å². The van der Waals surface area contributed by atoms with Gasteiger partial charge in [0.05, 0.1) is 6.10 Å². The molecule has 0 radical (unpaired) electrons. The lowest BCUT2D eigenvalue weighted by Crippen LogP contribution is -2.15. The Bertz CT molecular complexity index is 357. The first-order valence-corrected chi connectivity index (χ1v) is 5.85. The number of hydrogen-bond acceptors (Lipinski definition) is 2. The summed E-state index contributed by atoms with van der Waals surface area (Å²) < 4.78 is 18.8. The van der Waals surface area contributed by atoms with E-state index in [0.717, 1.165) is 0 Å². The van der Waals surface area contributed by atoms with Gasteiger partial charge in [-0.15, -0.1) is 0 Å². The van der Waals surface area contributed by atoms with Crippen molar-refractivity contribution in [3.05, 3.63) is 34.1 Å². The number of ether oxygens (including phenoxy) is 1. The van der Waals surface area contributed by atoms with Gasteiger partial charge in [-0.2, -0.15) is 0 Å². The van der Waals surface area contributed by atoms with E-state index in [1.807, 2.05) is 13.8 Å². The van der Waals surface area contributed by atoms with Gasteiger partial charge in [-0.05, 0) is 37.6 Å². The molecule has 4 heteroatoms. The molecule has 2 nitrogen and oxygen atoms in total. The molecular formula is C12H14BrFO2. The van der Waals surface area contributed by atoms with Gasteiger partial charge in [-0.25, -0.2) is 4.39 Å². The van der Waals surface area contributed by atoms with Crippen LogP contribution in [-0.2, 0) is 16.0 Å². The molecule has 0 aliphatic heterocycles. The van der Waals surface area contributed by atoms with Crippen molar-refractivity contribution in [3.63, 3.8) is 0 Å². The molecule has 0 fully saturated rings. The first-order valence-electron chi connectivity index (χ1n) is 5.05. The first kappa shape index (κ1) is 13.3. The summed E-state index contributed by atoms with van der Waals surface area (Å²) in [5, 5.41) is 0. The number of ketones is 1. The second-order valence-electron chi connectivity index (χ2n) is 3.85. The zero-order chi connectivity index (χ0) is 12.1. The molecule has 1 rings (SSSR count). The molecule has 0 aliphatic rings. The van der Waals surface area contributed by atoms with Crippen LogP contribution in [0.1, 0.15) is 19.4 Å². The Morgan fingerprint density at radius 1 is 1.44 bits per heavy atom. The highest BCUT2D eigenvalue weighted by Crippen LogP contribution is 2.15. The van der Waals surface area contributed by atoms with Gasteiger partial charge in [0, 0.05) is 10.9 Å². The number of benzene rings is 1. The van der Waals surface area contributed by atoms with E-state index in [4.69, 9.17) is 4.74 Å². The number of carbonyl (C=O) groups is 1. The Morgan fingerprint density at radius 2 is 2.12 bits per heavy atom. The highest BCUT2D eigenvalue weighted by Gasteiger charge is 2.07. The fourth-order valence-corrected chi connectivity index (χ4v) is 1.76. The van der Waals surface area contributed by atoms with Crippen LogP contribution in [0.4, 0.5) is 4.39 Å². The molecule has 0 unspecified atom stereocenters. The third-order valence-electron chi connectivity index (χ3n) is 1.90. The molecule has 0 heterocycles. The lowest BCUT2D eigenvalue weighted by Gasteiger charge is -2.06. The van der Waals surface area contributed by atoms with Gasteiger partial charge < -0.3 is 4.74 Å². The molecule has 1 aromatic rings. The van der Waals surface area contributed by atoms with Crippen LogP contribution in [0.3, 0.4) is 0 Å². The predicted octanol–water partition coefficient (Wildman–Crippen LogP) is 3.12. The Balaban J connectivity index is 2.56. The molecule has 0 bridgehead atoms. The Hall–Kier alpha value is -0.740. The van der Waals surface area contributed by atoms with Gasteiger partial charge in [-0.3, -0.25) is 4.79 Å². The lowest BCUT2D eigenvalue weighted by atomic mass is 10.1. The maximum Gasteiger partial charge on any atom is 0.162 e. The highest BCUT2D eigenvalue weighted by atomic mass is 79.9. The molecule has 0 saturated carbocycles. The number of Topliss-reactive ketones (excluding diaryl/α,β-unsaturated/α-hetero) is 1. The average molecular weight is 289 g/mol. The normalized spacial score (nSPS) is 10.8. The second kappa shape index (κ2) is 6.11. The number of rotatable bonds is 5. The summed E-state index contributed by atoms with van der Waals surface area (Å²) >= 11 is 3.18. The minimum absolute atomic E-state index is 0.0307. The van der Waals surface area contributed by atoms with E-state index in [-0.39, 0.29) is 30.7 Å². The molecule has 0 atom stereocenters. The Labute approximate surface area is 103 Å². The summed E-state index contributed by atoms with van der Waals surface area (Å²) in [6, 6.07) is 4.45. The van der Waals surface area contributed by atoms with Crippen LogP contribution in [0.5, 0.6) is 0 Å². The first-order chi connectivity index (χ1) is 7.47. The maximum absolute atomic E-state index is 13.0. The molecule has 0 N–H and O–H groups in total. The fourth-order valence-electron chi connectivity index (χ4n) is 1.25. The smallest absolute Gasteiger partial charge is 0.162 e. The van der Waals surface area contributed by atoms with E-state index in [9.17, 15) is 9.18 Å². The zero-order valence-corrected chi connectivity index (χ0v) is 10.9. The summed E-state index contributed by atoms with van der Waals surface area (Å²) in [4.78, 5) is 11.5. The number of halogens is 2. The molecule has 0 aliphatic carbocycles. The summed E-state index contributed by atoms with van der Waals surface area (Å²) in [7, 11) is 0. The van der Waals surface area contributed by atoms with E-state index in [2.05, 4.69) is 15.9 Å². The minimum Gasteiger partial charge on any atom is -0.371 e. The topological polar surface area (TPSA) is 26.3 Å². The van der Waals surface area contributed by atoms with Crippen LogP contribution in [-0.4, -0.2) is 18.5 Å². The predicted molar refractivity (Wildman–Crippen MR) is 63.9 cm³/mol. The summed E-state index contributed by atoms with van der Waals surface area (Å²) in [5.41, 5.74) is 0.657. The van der Waals surface area contributed by atoms with Crippen molar-refractivity contribution in [2.24, 2.45) is 0 Å². The minimum atomic E-state index is -0.345. The molecule has 0 amide bonds. The van der Waals surface area contributed by atoms with Crippen molar-refractivity contribution < 1.29 is 13.9 Å². The van der Waals surface area contributed by atoms with Crippen molar-refractivity contribution in [2.45, 2.75) is 26.4 Å². The van der Waals surface area contributed by atoms with Crippen LogP contribution >= 0.6 is 15.9 Å². The van der Waals surface area contributed by atoms with Crippen molar-refractivity contribution in [3.8, 4) is 0 Å². The zero-order valence-electron chi connectivity index (χ0n) is 9.30. The number of hydrogen-bond donors (Lipinski definition) is 0. The van der Waals surface area contributed by atoms with Crippen LogP contribution in [0.2, 0.25) is 0 Å². The van der Waals surface area contributed by atoms with Crippen LogP contribution in [0, 0.1) is 5.82 Å². The summed E-state index contributed by atoms with van der Waals surface area (Å²) in [5.74, 6) is -0.395. The molecular weight excluding hydrogens is 275 g/mol. The molecule has 0 saturated heterocycles. The van der Waals surface area contributed by atoms with E-state index < -0.39 is 0 Å². The van der Waals surface area contributed by atoms with Crippen LogP contribution in [0.25, 0.3) is 0 Å². The summed E-state index contributed by atoms with van der Waals surface area (Å²) in [6.07, 6.45) is 0.228. The molecule has 88 valence electrons. The van der Waals surface area contributed by atoms with Crippen molar-refractivity contribution in [1.82, 2.24) is 0 Å². The third-order valence-corrected chi connectivity index (χ3v) is 2.36. The van der Waals surface area contributed by atoms with Gasteiger partial charge in [0.25, 0.3) is 0 Å². The maximum atomic E-state index is 13.0. The molecule has 16 heavy (non-hydrogen) atoms. The standard InChI is InChI=1S/C12H14BrFO2/c1-8(2)16-7-12(15)5-9-3-10(13)6-11(14)4-9/h3-4,6,8H,5,7H2,1-2H3. The molecule has 0 aromatic heterocycles. The van der Waals surface area contributed by atoms with E-state index in [0.29, 0.717) is 10.0 Å². The largest absolute Gasteiger partial charge is 0.371 e. The van der Waals surface area contributed by atoms with E-state index in [1.165, 1.54) is 12.1 Å². The second-order valence-corrected chi connectivity index (χ2v) is 4.77. The lowest BCUT2D eigenvalue weighted by molar-refractivity contribution is -0.124. The quantitative estimate of drug-likeness (QED) is 0.832. The van der Waals surface area contributed by atoms with Gasteiger partial charge in [0.15, 0.2) is 5.78 Å². The summed E-state index contributed by atoms with van der Waals surface area (Å²) in [6.45, 7) is 3.81. The number of carbonyl (C=O) groups excluding carboxylic acids is 1. The van der Waals surface area contributed by atoms with Crippen LogP contribution in [0.15, 0.2) is 22.7 Å². The van der Waals surface area contributed by atoms with Crippen molar-refractivity contribution in [1.29, 1.82) is 0 Å². The Kier molecular flexibility index (Phi) is 5.09. The SMILES string of the molecule is CC(C)OCC(=O)Cc1cc(F)cc(Br)c1. The highest BCUT2D eigenvalue weighted by molar-refractivity contribution is 9.10. The van der Waals surface area contributed by atoms with Crippen LogP contribution < -0.4 is 0 Å². The monoisotopic (exact) mass is 288 g/mol. The fraction of sp³-hybridized carbons (Fsp3) is 0.417. The van der Waals surface area contributed by atoms with Gasteiger partial charge in [0.2, 0.25) is 0 Å². The molecule has 0 spiro atoms. The Morgan fingerprint density at radius 3 is 2.69 bits per heavy atom. The van der Waals surface area contributed by atoms with Gasteiger partial charge in [0.1, 0.15) is 12.4 Å². The molecule has 1 aromatic carbocycles. The third kappa shape index (κ3) is 4.86. The van der Waals surface area contributed by atoms with Gasteiger partial charge in [-0.1, -0.05) is 15.9 Å². The van der Waals surface area contributed by atoms with E-state index in [1.54, 1.807) is 6.07 Å². The van der Waals surface area contributed by atoms with Crippen molar-refractivity contribution >= 4 is 21.7 Å². The van der Waals surface area contributed by atoms with E-state index >= 15 is 0 Å². The average Bonchev–Trinajstić information content (AvgIpc) is 2.12.